The number of anilines is 4. The Morgan fingerprint density at radius 2 is 1.63 bits per heavy atom. The average molecular weight is 720 g/mol. The zero-order valence-corrected chi connectivity index (χ0v) is 29.4. The van der Waals surface area contributed by atoms with Gasteiger partial charge in [-0.3, -0.25) is 19.4 Å². The number of morpholine rings is 2. The van der Waals surface area contributed by atoms with Crippen LogP contribution in [0.2, 0.25) is 5.15 Å². The number of benzene rings is 1. The van der Waals surface area contributed by atoms with E-state index < -0.39 is 0 Å². The fourth-order valence-electron chi connectivity index (χ4n) is 5.61. The van der Waals surface area contributed by atoms with Crippen LogP contribution in [0.25, 0.3) is 5.82 Å². The van der Waals surface area contributed by atoms with Crippen LogP contribution < -0.4 is 26.0 Å². The van der Waals surface area contributed by atoms with Crippen LogP contribution in [0.3, 0.4) is 0 Å². The summed E-state index contributed by atoms with van der Waals surface area (Å²) in [5.41, 5.74) is 2.60. The lowest BCUT2D eigenvalue weighted by molar-refractivity contribution is 0.0383. The number of carbonyl (C=O) groups excluding carboxylic acids is 2. The molecule has 2 aliphatic heterocycles. The topological polar surface area (TPSA) is 173 Å². The second-order valence-electron chi connectivity index (χ2n) is 12.0. The Balaban J connectivity index is 1.21. The maximum absolute atomic E-state index is 13.4. The van der Waals surface area contributed by atoms with E-state index in [0.29, 0.717) is 67.2 Å². The van der Waals surface area contributed by atoms with Crippen LogP contribution in [0.5, 0.6) is 5.88 Å². The molecule has 0 bridgehead atoms. The average Bonchev–Trinajstić information content (AvgIpc) is 3.57. The van der Waals surface area contributed by atoms with E-state index in [2.05, 4.69) is 51.1 Å². The molecule has 270 valence electrons. The molecule has 5 heterocycles. The summed E-state index contributed by atoms with van der Waals surface area (Å²) in [6.45, 7) is 10.9. The van der Waals surface area contributed by atoms with Gasteiger partial charge in [0.05, 0.1) is 33.5 Å². The molecular weight excluding hydrogens is 678 g/mol. The minimum absolute atomic E-state index is 0.139. The van der Waals surface area contributed by atoms with Gasteiger partial charge < -0.3 is 35.5 Å². The molecule has 4 N–H and O–H groups in total. The number of rotatable bonds is 14. The van der Waals surface area contributed by atoms with Gasteiger partial charge in [-0.2, -0.15) is 9.78 Å². The van der Waals surface area contributed by atoms with Gasteiger partial charge in [0.2, 0.25) is 5.88 Å². The van der Waals surface area contributed by atoms with Gasteiger partial charge in [0, 0.05) is 87.5 Å². The quantitative estimate of drug-likeness (QED) is 0.140. The number of hydrogen-bond donors (Lipinski definition) is 4. The monoisotopic (exact) mass is 719 g/mol. The van der Waals surface area contributed by atoms with Crippen molar-refractivity contribution in [2.45, 2.75) is 6.92 Å². The number of pyridine rings is 1. The van der Waals surface area contributed by atoms with Gasteiger partial charge in [-0.1, -0.05) is 17.7 Å². The van der Waals surface area contributed by atoms with Crippen LogP contribution in [0.4, 0.5) is 23.0 Å². The smallest absolute Gasteiger partial charge is 0.271 e. The van der Waals surface area contributed by atoms with Crippen molar-refractivity contribution in [2.24, 2.45) is 0 Å². The highest BCUT2D eigenvalue weighted by atomic mass is 35.5. The maximum atomic E-state index is 13.4. The predicted molar refractivity (Wildman–Crippen MR) is 193 cm³/mol. The van der Waals surface area contributed by atoms with E-state index >= 15 is 0 Å². The second-order valence-corrected chi connectivity index (χ2v) is 12.4. The highest BCUT2D eigenvalue weighted by Gasteiger charge is 2.19. The van der Waals surface area contributed by atoms with E-state index in [1.165, 1.54) is 25.6 Å². The summed E-state index contributed by atoms with van der Waals surface area (Å²) in [5.74, 6) is 1.10. The number of carbonyl (C=O) groups is 2. The third-order valence-corrected chi connectivity index (χ3v) is 8.66. The first-order chi connectivity index (χ1) is 24.8. The standard InChI is InChI=1S/C34H42ClN11O5/c1-23-3-4-25(40-33(47)24-17-28(35)42-32(18-24)49-2)19-26(23)41-31-20-27(34(48)37-6-8-45-11-15-51-16-12-45)43-46(31)30-21-29(38-22-39-30)36-5-7-44-9-13-50-14-10-44/h3-4,17-22,41H,5-16H2,1-2H3,(H,37,48)(H,40,47)(H,36,38,39). The van der Waals surface area contributed by atoms with E-state index in [1.54, 1.807) is 28.9 Å². The molecule has 51 heavy (non-hydrogen) atoms. The molecule has 0 aliphatic carbocycles. The van der Waals surface area contributed by atoms with E-state index in [1.807, 2.05) is 13.0 Å². The van der Waals surface area contributed by atoms with Crippen molar-refractivity contribution < 1.29 is 23.8 Å². The number of methoxy groups -OCH3 is 1. The van der Waals surface area contributed by atoms with Crippen molar-refractivity contribution in [1.29, 1.82) is 0 Å². The number of halogens is 1. The summed E-state index contributed by atoms with van der Waals surface area (Å²) in [5, 5.41) is 17.5. The Labute approximate surface area is 300 Å². The first kappa shape index (κ1) is 35.9. The van der Waals surface area contributed by atoms with Gasteiger partial charge in [-0.05, 0) is 30.7 Å². The molecule has 2 amide bonds. The zero-order chi connectivity index (χ0) is 35.6. The van der Waals surface area contributed by atoms with E-state index in [4.69, 9.17) is 25.8 Å². The molecule has 6 rings (SSSR count). The van der Waals surface area contributed by atoms with Crippen LogP contribution in [0.1, 0.15) is 26.4 Å². The normalized spacial score (nSPS) is 15.3. The van der Waals surface area contributed by atoms with Crippen LogP contribution in [0, 0.1) is 6.92 Å². The van der Waals surface area contributed by atoms with E-state index in [9.17, 15) is 9.59 Å². The number of nitrogens with one attached hydrogen (secondary N) is 4. The summed E-state index contributed by atoms with van der Waals surface area (Å²) in [6.07, 6.45) is 1.46. The Morgan fingerprint density at radius 3 is 2.35 bits per heavy atom. The Morgan fingerprint density at radius 1 is 0.902 bits per heavy atom. The molecule has 2 fully saturated rings. The van der Waals surface area contributed by atoms with Crippen molar-refractivity contribution in [3.63, 3.8) is 0 Å². The largest absolute Gasteiger partial charge is 0.481 e. The van der Waals surface area contributed by atoms with E-state index in [0.717, 1.165) is 51.5 Å². The van der Waals surface area contributed by atoms with Gasteiger partial charge in [0.25, 0.3) is 11.8 Å². The Bertz CT molecular complexity index is 1810. The maximum Gasteiger partial charge on any atom is 0.271 e. The number of aryl methyl sites for hydroxylation is 1. The molecule has 0 atom stereocenters. The predicted octanol–water partition coefficient (Wildman–Crippen LogP) is 2.83. The summed E-state index contributed by atoms with van der Waals surface area (Å²) in [7, 11) is 1.45. The van der Waals surface area contributed by atoms with Crippen molar-refractivity contribution >= 4 is 46.4 Å². The molecule has 2 aliphatic rings. The van der Waals surface area contributed by atoms with Gasteiger partial charge in [0.15, 0.2) is 11.5 Å². The first-order valence-corrected chi connectivity index (χ1v) is 17.2. The number of hydrogen-bond acceptors (Lipinski definition) is 13. The van der Waals surface area contributed by atoms with Crippen molar-refractivity contribution in [2.75, 3.05) is 102 Å². The van der Waals surface area contributed by atoms with Crippen LogP contribution in [-0.4, -0.2) is 132 Å². The molecule has 0 radical (unpaired) electrons. The first-order valence-electron chi connectivity index (χ1n) is 16.8. The molecule has 2 saturated heterocycles. The van der Waals surface area contributed by atoms with Gasteiger partial charge >= 0.3 is 0 Å². The summed E-state index contributed by atoms with van der Waals surface area (Å²) < 4.78 is 17.6. The third-order valence-electron chi connectivity index (χ3n) is 8.47. The van der Waals surface area contributed by atoms with Crippen molar-refractivity contribution in [3.05, 3.63) is 70.8 Å². The third kappa shape index (κ3) is 9.89. The van der Waals surface area contributed by atoms with Crippen LogP contribution in [0.15, 0.2) is 48.8 Å². The second kappa shape index (κ2) is 17.4. The van der Waals surface area contributed by atoms with Gasteiger partial charge in [0.1, 0.15) is 23.1 Å². The van der Waals surface area contributed by atoms with E-state index in [-0.39, 0.29) is 28.5 Å². The molecule has 0 spiro atoms. The minimum Gasteiger partial charge on any atom is -0.481 e. The number of amides is 2. The lowest BCUT2D eigenvalue weighted by atomic mass is 10.1. The van der Waals surface area contributed by atoms with Crippen LogP contribution in [-0.2, 0) is 9.47 Å². The van der Waals surface area contributed by atoms with Crippen LogP contribution >= 0.6 is 11.6 Å². The summed E-state index contributed by atoms with van der Waals surface area (Å²) >= 11 is 6.09. The number of nitrogens with zero attached hydrogens (tertiary/aromatic N) is 7. The molecule has 3 aromatic heterocycles. The zero-order valence-electron chi connectivity index (χ0n) is 28.7. The lowest BCUT2D eigenvalue weighted by Gasteiger charge is -2.26. The fourth-order valence-corrected chi connectivity index (χ4v) is 5.81. The number of aromatic nitrogens is 5. The highest BCUT2D eigenvalue weighted by molar-refractivity contribution is 6.30. The van der Waals surface area contributed by atoms with Gasteiger partial charge in [-0.15, -0.1) is 0 Å². The molecule has 17 heteroatoms. The highest BCUT2D eigenvalue weighted by Crippen LogP contribution is 2.27. The molecule has 0 saturated carbocycles. The minimum atomic E-state index is -0.386. The fraction of sp³-hybridized carbons (Fsp3) is 0.412. The molecule has 1 aromatic carbocycles. The van der Waals surface area contributed by atoms with Crippen molar-refractivity contribution in [1.82, 2.24) is 39.8 Å². The number of ether oxygens (including phenoxy) is 3. The molecule has 16 nitrogen and oxygen atoms in total. The van der Waals surface area contributed by atoms with Gasteiger partial charge in [-0.25, -0.2) is 15.0 Å². The lowest BCUT2D eigenvalue weighted by Crippen LogP contribution is -2.41. The molecule has 0 unspecified atom stereocenters. The SMILES string of the molecule is COc1cc(C(=O)Nc2ccc(C)c(Nc3cc(C(=O)NCCN4CCOCC4)nn3-c3cc(NCCN4CCOCC4)ncn3)c2)cc(Cl)n1. The summed E-state index contributed by atoms with van der Waals surface area (Å²) in [4.78, 5) is 44.0. The Kier molecular flexibility index (Phi) is 12.2. The molecule has 4 aromatic rings. The summed E-state index contributed by atoms with van der Waals surface area (Å²) in [6, 6.07) is 11.9. The Hall–Kier alpha value is -4.87. The van der Waals surface area contributed by atoms with Crippen molar-refractivity contribution in [3.8, 4) is 11.7 Å². The molecular formula is C34H42ClN11O5.